The molecule has 0 saturated carbocycles. The molecule has 3 rings (SSSR count). The lowest BCUT2D eigenvalue weighted by atomic mass is 9.87. The molecule has 4 nitrogen and oxygen atoms in total. The summed E-state index contributed by atoms with van der Waals surface area (Å²) in [4.78, 5) is 0. The van der Waals surface area contributed by atoms with E-state index in [4.69, 9.17) is 9.47 Å². The molecule has 112 valence electrons. The van der Waals surface area contributed by atoms with E-state index in [1.165, 1.54) is 10.8 Å². The first-order valence-electron chi connectivity index (χ1n) is 7.22. The van der Waals surface area contributed by atoms with E-state index < -0.39 is 0 Å². The molecule has 21 heavy (non-hydrogen) atoms. The lowest BCUT2D eigenvalue weighted by Crippen LogP contribution is -2.52. The van der Waals surface area contributed by atoms with Crippen LogP contribution < -0.4 is 10.1 Å². The number of hydrogen-bond acceptors (Lipinski definition) is 4. The number of hydrogen-bond donors (Lipinski definition) is 2. The van der Waals surface area contributed by atoms with Crippen LogP contribution in [0.1, 0.15) is 5.56 Å². The molecular formula is C17H21NO3. The van der Waals surface area contributed by atoms with Crippen LogP contribution in [0.2, 0.25) is 0 Å². The van der Waals surface area contributed by atoms with E-state index in [9.17, 15) is 5.11 Å². The Bertz CT molecular complexity index is 617. The average Bonchev–Trinajstić information content (AvgIpc) is 2.50. The molecule has 2 N–H and O–H groups in total. The number of ether oxygens (including phenoxy) is 2. The fourth-order valence-corrected chi connectivity index (χ4v) is 2.78. The Morgan fingerprint density at radius 2 is 2.05 bits per heavy atom. The third kappa shape index (κ3) is 2.75. The van der Waals surface area contributed by atoms with E-state index in [-0.39, 0.29) is 12.0 Å². The van der Waals surface area contributed by atoms with Gasteiger partial charge in [0.2, 0.25) is 0 Å². The van der Waals surface area contributed by atoms with Crippen molar-refractivity contribution in [1.29, 1.82) is 0 Å². The number of fused-ring (bicyclic) bond motifs is 1. The first-order valence-corrected chi connectivity index (χ1v) is 7.22. The van der Waals surface area contributed by atoms with Gasteiger partial charge in [-0.2, -0.15) is 0 Å². The molecule has 0 aliphatic carbocycles. The standard InChI is InChI=1S/C17H21NO3/c1-20-16-7-6-13-4-2-3-5-14(13)15(16)8-18-9-17(10-19)11-21-12-17/h2-7,18-19H,8-12H2,1H3. The third-order valence-corrected chi connectivity index (χ3v) is 4.17. The minimum absolute atomic E-state index is 0.113. The molecule has 0 amide bonds. The lowest BCUT2D eigenvalue weighted by molar-refractivity contribution is -0.134. The van der Waals surface area contributed by atoms with Gasteiger partial charge in [-0.05, 0) is 16.8 Å². The number of nitrogens with one attached hydrogen (secondary N) is 1. The number of rotatable bonds is 6. The van der Waals surface area contributed by atoms with Gasteiger partial charge >= 0.3 is 0 Å². The maximum absolute atomic E-state index is 9.46. The third-order valence-electron chi connectivity index (χ3n) is 4.17. The second kappa shape index (κ2) is 6.02. The van der Waals surface area contributed by atoms with Crippen molar-refractivity contribution in [3.8, 4) is 5.75 Å². The Labute approximate surface area is 124 Å². The minimum Gasteiger partial charge on any atom is -0.496 e. The summed E-state index contributed by atoms with van der Waals surface area (Å²) in [5, 5.41) is 15.3. The fraction of sp³-hybridized carbons (Fsp3) is 0.412. The molecule has 0 bridgehead atoms. The van der Waals surface area contributed by atoms with E-state index in [2.05, 4.69) is 23.5 Å². The summed E-state index contributed by atoms with van der Waals surface area (Å²) >= 11 is 0. The van der Waals surface area contributed by atoms with Gasteiger partial charge in [-0.1, -0.05) is 30.3 Å². The van der Waals surface area contributed by atoms with Crippen LogP contribution in [0.5, 0.6) is 5.75 Å². The highest BCUT2D eigenvalue weighted by atomic mass is 16.5. The van der Waals surface area contributed by atoms with Gasteiger partial charge in [0.15, 0.2) is 0 Å². The van der Waals surface area contributed by atoms with Gasteiger partial charge < -0.3 is 19.9 Å². The smallest absolute Gasteiger partial charge is 0.123 e. The number of aliphatic hydroxyl groups is 1. The van der Waals surface area contributed by atoms with Gasteiger partial charge in [-0.15, -0.1) is 0 Å². The van der Waals surface area contributed by atoms with Gasteiger partial charge in [-0.3, -0.25) is 0 Å². The molecule has 4 heteroatoms. The molecule has 1 aliphatic rings. The topological polar surface area (TPSA) is 50.7 Å². The zero-order valence-corrected chi connectivity index (χ0v) is 12.3. The zero-order valence-electron chi connectivity index (χ0n) is 12.3. The van der Waals surface area contributed by atoms with Gasteiger partial charge in [0.25, 0.3) is 0 Å². The van der Waals surface area contributed by atoms with E-state index in [0.717, 1.165) is 17.9 Å². The van der Waals surface area contributed by atoms with Crippen molar-refractivity contribution < 1.29 is 14.6 Å². The van der Waals surface area contributed by atoms with Crippen molar-refractivity contribution >= 4 is 10.8 Å². The Hall–Kier alpha value is -1.62. The van der Waals surface area contributed by atoms with Crippen molar-refractivity contribution in [2.45, 2.75) is 6.54 Å². The Morgan fingerprint density at radius 3 is 2.71 bits per heavy atom. The average molecular weight is 287 g/mol. The Morgan fingerprint density at radius 1 is 1.24 bits per heavy atom. The highest BCUT2D eigenvalue weighted by Crippen LogP contribution is 2.29. The maximum Gasteiger partial charge on any atom is 0.123 e. The quantitative estimate of drug-likeness (QED) is 0.852. The first kappa shape index (κ1) is 14.3. The van der Waals surface area contributed by atoms with Crippen molar-refractivity contribution in [2.24, 2.45) is 5.41 Å². The molecule has 0 aromatic heterocycles. The van der Waals surface area contributed by atoms with Crippen molar-refractivity contribution in [1.82, 2.24) is 5.32 Å². The van der Waals surface area contributed by atoms with Crippen molar-refractivity contribution in [3.05, 3.63) is 42.0 Å². The van der Waals surface area contributed by atoms with E-state index in [0.29, 0.717) is 19.8 Å². The largest absolute Gasteiger partial charge is 0.496 e. The minimum atomic E-state index is -0.113. The molecule has 2 aromatic carbocycles. The normalized spacial score (nSPS) is 16.7. The van der Waals surface area contributed by atoms with E-state index in [1.807, 2.05) is 18.2 Å². The fourth-order valence-electron chi connectivity index (χ4n) is 2.78. The van der Waals surface area contributed by atoms with Crippen LogP contribution in [0.15, 0.2) is 36.4 Å². The summed E-state index contributed by atoms with van der Waals surface area (Å²) in [7, 11) is 1.70. The van der Waals surface area contributed by atoms with Gasteiger partial charge in [-0.25, -0.2) is 0 Å². The van der Waals surface area contributed by atoms with Gasteiger partial charge in [0.1, 0.15) is 5.75 Å². The van der Waals surface area contributed by atoms with Crippen LogP contribution in [0.4, 0.5) is 0 Å². The van der Waals surface area contributed by atoms with Crippen LogP contribution in [0, 0.1) is 5.41 Å². The van der Waals surface area contributed by atoms with E-state index >= 15 is 0 Å². The Balaban J connectivity index is 1.79. The van der Waals surface area contributed by atoms with Gasteiger partial charge in [0, 0.05) is 18.7 Å². The highest BCUT2D eigenvalue weighted by Gasteiger charge is 2.37. The molecule has 0 radical (unpaired) electrons. The number of methoxy groups -OCH3 is 1. The van der Waals surface area contributed by atoms with Crippen LogP contribution in [0.25, 0.3) is 10.8 Å². The Kier molecular flexibility index (Phi) is 4.10. The molecule has 0 spiro atoms. The van der Waals surface area contributed by atoms with Gasteiger partial charge in [0.05, 0.1) is 32.3 Å². The summed E-state index contributed by atoms with van der Waals surface area (Å²) < 4.78 is 10.7. The molecule has 0 atom stereocenters. The molecule has 1 saturated heterocycles. The SMILES string of the molecule is COc1ccc2ccccc2c1CNCC1(CO)COC1. The maximum atomic E-state index is 9.46. The van der Waals surface area contributed by atoms with Crippen LogP contribution in [0.3, 0.4) is 0 Å². The number of benzene rings is 2. The number of aliphatic hydroxyl groups excluding tert-OH is 1. The predicted octanol–water partition coefficient (Wildman–Crippen LogP) is 1.95. The predicted molar refractivity (Wildman–Crippen MR) is 82.5 cm³/mol. The second-order valence-electron chi connectivity index (χ2n) is 5.72. The van der Waals surface area contributed by atoms with Crippen LogP contribution in [-0.4, -0.2) is 38.6 Å². The summed E-state index contributed by atoms with van der Waals surface area (Å²) in [5.74, 6) is 0.893. The summed E-state index contributed by atoms with van der Waals surface area (Å²) in [5.41, 5.74) is 1.04. The monoisotopic (exact) mass is 287 g/mol. The van der Waals surface area contributed by atoms with E-state index in [1.54, 1.807) is 7.11 Å². The first-order chi connectivity index (χ1) is 10.3. The molecule has 2 aromatic rings. The lowest BCUT2D eigenvalue weighted by Gasteiger charge is -2.40. The summed E-state index contributed by atoms with van der Waals surface area (Å²) in [6, 6.07) is 12.4. The summed E-state index contributed by atoms with van der Waals surface area (Å²) in [6.07, 6.45) is 0. The molecule has 1 heterocycles. The van der Waals surface area contributed by atoms with Crippen molar-refractivity contribution in [3.63, 3.8) is 0 Å². The molecule has 1 fully saturated rings. The van der Waals surface area contributed by atoms with Crippen molar-refractivity contribution in [2.75, 3.05) is 33.5 Å². The van der Waals surface area contributed by atoms with Crippen LogP contribution in [-0.2, 0) is 11.3 Å². The molecule has 1 aliphatic heterocycles. The second-order valence-corrected chi connectivity index (χ2v) is 5.72. The highest BCUT2D eigenvalue weighted by molar-refractivity contribution is 5.87. The summed E-state index contributed by atoms with van der Waals surface area (Å²) in [6.45, 7) is 2.88. The molecular weight excluding hydrogens is 266 g/mol. The zero-order chi connectivity index (χ0) is 14.7. The molecule has 0 unspecified atom stereocenters. The van der Waals surface area contributed by atoms with Crippen LogP contribution >= 0.6 is 0 Å².